The highest BCUT2D eigenvalue weighted by molar-refractivity contribution is 5.82. The minimum absolute atomic E-state index is 0.0308. The standard InChI is InChI=1S/C14H21NO3/c1-3-9-15(10-11-16)14(17)13(18-2)12-7-5-4-6-8-12/h4-8,13,16H,3,9-11H2,1-2H3. The molecule has 0 aliphatic heterocycles. The summed E-state index contributed by atoms with van der Waals surface area (Å²) in [7, 11) is 1.53. The third kappa shape index (κ3) is 3.82. The Bertz CT molecular complexity index is 347. The number of methoxy groups -OCH3 is 1. The lowest BCUT2D eigenvalue weighted by molar-refractivity contribution is -0.143. The first-order valence-electron chi connectivity index (χ1n) is 6.22. The molecule has 0 radical (unpaired) electrons. The van der Waals surface area contributed by atoms with Crippen LogP contribution in [0.15, 0.2) is 30.3 Å². The van der Waals surface area contributed by atoms with Crippen molar-refractivity contribution in [2.45, 2.75) is 19.4 Å². The highest BCUT2D eigenvalue weighted by Crippen LogP contribution is 2.19. The summed E-state index contributed by atoms with van der Waals surface area (Å²) in [5, 5.41) is 9.00. The molecule has 100 valence electrons. The highest BCUT2D eigenvalue weighted by atomic mass is 16.5. The third-order valence-corrected chi connectivity index (χ3v) is 2.74. The fraction of sp³-hybridized carbons (Fsp3) is 0.500. The van der Waals surface area contributed by atoms with E-state index in [4.69, 9.17) is 9.84 Å². The SMILES string of the molecule is CCCN(CCO)C(=O)C(OC)c1ccccc1. The summed E-state index contributed by atoms with van der Waals surface area (Å²) >= 11 is 0. The molecule has 0 heterocycles. The Morgan fingerprint density at radius 3 is 2.50 bits per heavy atom. The number of carbonyl (C=O) groups excluding carboxylic acids is 1. The molecule has 1 unspecified atom stereocenters. The van der Waals surface area contributed by atoms with Crippen molar-refractivity contribution in [3.63, 3.8) is 0 Å². The Kier molecular flexibility index (Phi) is 6.39. The van der Waals surface area contributed by atoms with Gasteiger partial charge in [0.25, 0.3) is 5.91 Å². The van der Waals surface area contributed by atoms with Crippen LogP contribution in [-0.2, 0) is 9.53 Å². The van der Waals surface area contributed by atoms with Crippen LogP contribution in [0, 0.1) is 0 Å². The molecule has 4 nitrogen and oxygen atoms in total. The van der Waals surface area contributed by atoms with Gasteiger partial charge in [0.15, 0.2) is 6.10 Å². The van der Waals surface area contributed by atoms with Crippen molar-refractivity contribution in [2.75, 3.05) is 26.8 Å². The van der Waals surface area contributed by atoms with Crippen LogP contribution in [0.2, 0.25) is 0 Å². The second-order valence-electron chi connectivity index (χ2n) is 4.08. The lowest BCUT2D eigenvalue weighted by Gasteiger charge is -2.26. The molecule has 18 heavy (non-hydrogen) atoms. The number of hydrogen-bond donors (Lipinski definition) is 1. The van der Waals surface area contributed by atoms with Crippen LogP contribution < -0.4 is 0 Å². The highest BCUT2D eigenvalue weighted by Gasteiger charge is 2.24. The van der Waals surface area contributed by atoms with Crippen molar-refractivity contribution >= 4 is 5.91 Å². The molecule has 0 fully saturated rings. The second kappa shape index (κ2) is 7.84. The van der Waals surface area contributed by atoms with E-state index in [1.54, 1.807) is 4.90 Å². The van der Waals surface area contributed by atoms with Crippen molar-refractivity contribution in [3.8, 4) is 0 Å². The van der Waals surface area contributed by atoms with E-state index in [1.165, 1.54) is 7.11 Å². The summed E-state index contributed by atoms with van der Waals surface area (Å²) in [6, 6.07) is 9.40. The molecular formula is C14H21NO3. The number of aliphatic hydroxyl groups excluding tert-OH is 1. The minimum Gasteiger partial charge on any atom is -0.395 e. The number of hydrogen-bond acceptors (Lipinski definition) is 3. The maximum absolute atomic E-state index is 12.3. The Labute approximate surface area is 108 Å². The van der Waals surface area contributed by atoms with Gasteiger partial charge in [0.2, 0.25) is 0 Å². The first-order chi connectivity index (χ1) is 8.74. The number of ether oxygens (including phenoxy) is 1. The predicted molar refractivity (Wildman–Crippen MR) is 70.1 cm³/mol. The van der Waals surface area contributed by atoms with Gasteiger partial charge in [-0.1, -0.05) is 37.3 Å². The van der Waals surface area contributed by atoms with E-state index in [2.05, 4.69) is 0 Å². The van der Waals surface area contributed by atoms with E-state index in [0.29, 0.717) is 13.1 Å². The van der Waals surface area contributed by atoms with Crippen LogP contribution in [0.5, 0.6) is 0 Å². The molecule has 0 saturated heterocycles. The zero-order valence-corrected chi connectivity index (χ0v) is 11.0. The summed E-state index contributed by atoms with van der Waals surface area (Å²) in [5.74, 6) is -0.0976. The van der Waals surface area contributed by atoms with Crippen LogP contribution in [0.4, 0.5) is 0 Å². The van der Waals surface area contributed by atoms with Crippen LogP contribution in [0.25, 0.3) is 0 Å². The van der Waals surface area contributed by atoms with Crippen LogP contribution >= 0.6 is 0 Å². The van der Waals surface area contributed by atoms with Crippen molar-refractivity contribution < 1.29 is 14.6 Å². The fourth-order valence-corrected chi connectivity index (χ4v) is 1.90. The maximum Gasteiger partial charge on any atom is 0.256 e. The topological polar surface area (TPSA) is 49.8 Å². The summed E-state index contributed by atoms with van der Waals surface area (Å²) in [5.41, 5.74) is 0.837. The molecular weight excluding hydrogens is 230 g/mol. The van der Waals surface area contributed by atoms with E-state index in [-0.39, 0.29) is 12.5 Å². The summed E-state index contributed by atoms with van der Waals surface area (Å²) in [4.78, 5) is 14.0. The van der Waals surface area contributed by atoms with Gasteiger partial charge in [-0.3, -0.25) is 4.79 Å². The monoisotopic (exact) mass is 251 g/mol. The Morgan fingerprint density at radius 1 is 1.33 bits per heavy atom. The first kappa shape index (κ1) is 14.7. The molecule has 0 aliphatic rings. The molecule has 0 aromatic heterocycles. The van der Waals surface area contributed by atoms with Gasteiger partial charge in [0, 0.05) is 20.2 Å². The van der Waals surface area contributed by atoms with E-state index in [9.17, 15) is 4.79 Å². The summed E-state index contributed by atoms with van der Waals surface area (Å²) < 4.78 is 5.30. The predicted octanol–water partition coefficient (Wildman–Crippen LogP) is 1.60. The van der Waals surface area contributed by atoms with Crippen molar-refractivity contribution in [3.05, 3.63) is 35.9 Å². The smallest absolute Gasteiger partial charge is 0.256 e. The zero-order valence-electron chi connectivity index (χ0n) is 11.0. The van der Waals surface area contributed by atoms with Gasteiger partial charge in [-0.25, -0.2) is 0 Å². The van der Waals surface area contributed by atoms with Gasteiger partial charge >= 0.3 is 0 Å². The summed E-state index contributed by atoms with van der Waals surface area (Å²) in [6.45, 7) is 2.95. The molecule has 1 aromatic rings. The van der Waals surface area contributed by atoms with E-state index in [1.807, 2.05) is 37.3 Å². The Balaban J connectivity index is 2.83. The lowest BCUT2D eigenvalue weighted by atomic mass is 10.1. The number of aliphatic hydroxyl groups is 1. The van der Waals surface area contributed by atoms with Crippen molar-refractivity contribution in [2.24, 2.45) is 0 Å². The molecule has 0 bridgehead atoms. The largest absolute Gasteiger partial charge is 0.395 e. The summed E-state index contributed by atoms with van der Waals surface area (Å²) in [6.07, 6.45) is 0.265. The number of nitrogens with zero attached hydrogens (tertiary/aromatic N) is 1. The lowest BCUT2D eigenvalue weighted by Crippen LogP contribution is -2.38. The van der Waals surface area contributed by atoms with E-state index in [0.717, 1.165) is 12.0 Å². The third-order valence-electron chi connectivity index (χ3n) is 2.74. The van der Waals surface area contributed by atoms with Crippen LogP contribution in [-0.4, -0.2) is 42.7 Å². The quantitative estimate of drug-likeness (QED) is 0.801. The molecule has 1 rings (SSSR count). The van der Waals surface area contributed by atoms with Crippen molar-refractivity contribution in [1.29, 1.82) is 0 Å². The molecule has 1 atom stereocenters. The first-order valence-corrected chi connectivity index (χ1v) is 6.22. The number of rotatable bonds is 7. The van der Waals surface area contributed by atoms with Gasteiger partial charge in [-0.2, -0.15) is 0 Å². The van der Waals surface area contributed by atoms with Crippen LogP contribution in [0.3, 0.4) is 0 Å². The van der Waals surface area contributed by atoms with Gasteiger partial charge in [0.1, 0.15) is 0 Å². The molecule has 4 heteroatoms. The molecule has 1 aromatic carbocycles. The zero-order chi connectivity index (χ0) is 13.4. The van der Waals surface area contributed by atoms with Gasteiger partial charge in [-0.05, 0) is 12.0 Å². The molecule has 0 saturated carbocycles. The van der Waals surface area contributed by atoms with Crippen molar-refractivity contribution in [1.82, 2.24) is 4.90 Å². The molecule has 0 spiro atoms. The van der Waals surface area contributed by atoms with Gasteiger partial charge in [-0.15, -0.1) is 0 Å². The van der Waals surface area contributed by atoms with E-state index < -0.39 is 6.10 Å². The second-order valence-corrected chi connectivity index (χ2v) is 4.08. The maximum atomic E-state index is 12.3. The number of amides is 1. The average Bonchev–Trinajstić information content (AvgIpc) is 2.40. The Morgan fingerprint density at radius 2 is 2.00 bits per heavy atom. The molecule has 0 aliphatic carbocycles. The minimum atomic E-state index is -0.593. The van der Waals surface area contributed by atoms with Gasteiger partial charge in [0.05, 0.1) is 6.61 Å². The Hall–Kier alpha value is -1.39. The molecule has 1 N–H and O–H groups in total. The fourth-order valence-electron chi connectivity index (χ4n) is 1.90. The normalized spacial score (nSPS) is 12.2. The average molecular weight is 251 g/mol. The van der Waals surface area contributed by atoms with Crippen LogP contribution in [0.1, 0.15) is 25.0 Å². The number of benzene rings is 1. The molecule has 1 amide bonds. The van der Waals surface area contributed by atoms with Gasteiger partial charge < -0.3 is 14.7 Å². The number of carbonyl (C=O) groups is 1. The van der Waals surface area contributed by atoms with E-state index >= 15 is 0 Å².